The van der Waals surface area contributed by atoms with Crippen LogP contribution in [0.5, 0.6) is 0 Å². The van der Waals surface area contributed by atoms with E-state index in [1.165, 1.54) is 0 Å². The van der Waals surface area contributed by atoms with Gasteiger partial charge in [0, 0.05) is 0 Å². The summed E-state index contributed by atoms with van der Waals surface area (Å²) in [7, 11) is 0. The molecule has 2 rings (SSSR count). The average Bonchev–Trinajstić information content (AvgIpc) is 2.69. The Bertz CT molecular complexity index is 483. The van der Waals surface area contributed by atoms with E-state index in [4.69, 9.17) is 23.2 Å². The molecule has 0 bridgehead atoms. The fourth-order valence-electron chi connectivity index (χ4n) is 1.69. The van der Waals surface area contributed by atoms with Gasteiger partial charge in [-0.05, 0) is 32.0 Å². The van der Waals surface area contributed by atoms with Crippen LogP contribution in [0.1, 0.15) is 32.1 Å². The van der Waals surface area contributed by atoms with Crippen molar-refractivity contribution in [3.63, 3.8) is 0 Å². The lowest BCUT2D eigenvalue weighted by Crippen LogP contribution is -2.20. The highest BCUT2D eigenvalue weighted by molar-refractivity contribution is 6.42. The van der Waals surface area contributed by atoms with Crippen molar-refractivity contribution in [3.05, 3.63) is 28.0 Å². The Morgan fingerprint density at radius 2 is 2.06 bits per heavy atom. The van der Waals surface area contributed by atoms with Crippen molar-refractivity contribution in [2.45, 2.75) is 26.3 Å². The Labute approximate surface area is 111 Å². The summed E-state index contributed by atoms with van der Waals surface area (Å²) in [5.41, 5.74) is 1.76. The lowest BCUT2D eigenvalue weighted by molar-refractivity contribution is 0.550. The fourth-order valence-corrected chi connectivity index (χ4v) is 2.01. The lowest BCUT2D eigenvalue weighted by atomic mass is 10.3. The van der Waals surface area contributed by atoms with Crippen LogP contribution in [0.4, 0.5) is 0 Å². The van der Waals surface area contributed by atoms with E-state index in [9.17, 15) is 0 Å². The maximum absolute atomic E-state index is 5.96. The number of aromatic amines is 1. The van der Waals surface area contributed by atoms with Crippen LogP contribution in [0.3, 0.4) is 0 Å². The van der Waals surface area contributed by atoms with Gasteiger partial charge in [0.2, 0.25) is 0 Å². The summed E-state index contributed by atoms with van der Waals surface area (Å²) in [5.74, 6) is 0.909. The monoisotopic (exact) mass is 271 g/mol. The van der Waals surface area contributed by atoms with Gasteiger partial charge in [-0.15, -0.1) is 0 Å². The third-order valence-electron chi connectivity index (χ3n) is 2.65. The van der Waals surface area contributed by atoms with E-state index in [1.54, 1.807) is 6.07 Å². The van der Waals surface area contributed by atoms with Crippen molar-refractivity contribution in [1.82, 2.24) is 15.3 Å². The quantitative estimate of drug-likeness (QED) is 0.885. The number of aromatic nitrogens is 2. The average molecular weight is 272 g/mol. The smallest absolute Gasteiger partial charge is 0.124 e. The maximum Gasteiger partial charge on any atom is 0.124 e. The topological polar surface area (TPSA) is 40.7 Å². The Morgan fingerprint density at radius 3 is 2.76 bits per heavy atom. The molecule has 0 saturated heterocycles. The van der Waals surface area contributed by atoms with Crippen molar-refractivity contribution >= 4 is 34.2 Å². The molecule has 1 aromatic heterocycles. The minimum atomic E-state index is 0.194. The standard InChI is InChI=1S/C12H15Cl2N3/c1-3-4-15-7(2)12-16-10-5-8(13)9(14)6-11(10)17-12/h5-7,15H,3-4H2,1-2H3,(H,16,17). The molecule has 0 spiro atoms. The van der Waals surface area contributed by atoms with E-state index in [1.807, 2.05) is 6.07 Å². The molecular weight excluding hydrogens is 257 g/mol. The van der Waals surface area contributed by atoms with E-state index in [0.717, 1.165) is 29.8 Å². The normalized spacial score (nSPS) is 13.2. The third-order valence-corrected chi connectivity index (χ3v) is 3.38. The lowest BCUT2D eigenvalue weighted by Gasteiger charge is -2.09. The van der Waals surface area contributed by atoms with E-state index in [-0.39, 0.29) is 6.04 Å². The first-order chi connectivity index (χ1) is 8.11. The van der Waals surface area contributed by atoms with Crippen LogP contribution in [0.2, 0.25) is 10.0 Å². The van der Waals surface area contributed by atoms with Crippen molar-refractivity contribution in [2.75, 3.05) is 6.54 Å². The SMILES string of the molecule is CCCNC(C)c1nc2cc(Cl)c(Cl)cc2[nH]1. The maximum atomic E-state index is 5.96. The fraction of sp³-hybridized carbons (Fsp3) is 0.417. The number of benzene rings is 1. The van der Waals surface area contributed by atoms with Gasteiger partial charge < -0.3 is 10.3 Å². The largest absolute Gasteiger partial charge is 0.341 e. The Kier molecular flexibility index (Phi) is 3.92. The predicted octanol–water partition coefficient (Wildman–Crippen LogP) is 3.93. The molecule has 92 valence electrons. The number of rotatable bonds is 4. The van der Waals surface area contributed by atoms with Crippen LogP contribution in [-0.2, 0) is 0 Å². The molecule has 0 radical (unpaired) electrons. The summed E-state index contributed by atoms with van der Waals surface area (Å²) < 4.78 is 0. The Morgan fingerprint density at radius 1 is 1.35 bits per heavy atom. The van der Waals surface area contributed by atoms with Gasteiger partial charge in [0.25, 0.3) is 0 Å². The van der Waals surface area contributed by atoms with Crippen LogP contribution in [0.25, 0.3) is 11.0 Å². The number of fused-ring (bicyclic) bond motifs is 1. The molecule has 3 nitrogen and oxygen atoms in total. The van der Waals surface area contributed by atoms with Gasteiger partial charge in [-0.25, -0.2) is 4.98 Å². The first-order valence-corrected chi connectivity index (χ1v) is 6.45. The minimum Gasteiger partial charge on any atom is -0.341 e. The van der Waals surface area contributed by atoms with Gasteiger partial charge in [-0.3, -0.25) is 0 Å². The predicted molar refractivity (Wildman–Crippen MR) is 72.8 cm³/mol. The number of nitrogens with zero attached hydrogens (tertiary/aromatic N) is 1. The van der Waals surface area contributed by atoms with Gasteiger partial charge in [0.1, 0.15) is 5.82 Å². The number of hydrogen-bond acceptors (Lipinski definition) is 2. The van der Waals surface area contributed by atoms with Gasteiger partial charge in [-0.1, -0.05) is 30.1 Å². The van der Waals surface area contributed by atoms with Crippen molar-refractivity contribution in [1.29, 1.82) is 0 Å². The molecule has 1 aromatic carbocycles. The molecule has 0 fully saturated rings. The van der Waals surface area contributed by atoms with Gasteiger partial charge in [0.05, 0.1) is 27.1 Å². The van der Waals surface area contributed by atoms with Gasteiger partial charge in [0.15, 0.2) is 0 Å². The summed E-state index contributed by atoms with van der Waals surface area (Å²) in [6.07, 6.45) is 1.10. The van der Waals surface area contributed by atoms with Crippen molar-refractivity contribution in [2.24, 2.45) is 0 Å². The summed E-state index contributed by atoms with van der Waals surface area (Å²) in [6.45, 7) is 5.19. The zero-order valence-corrected chi connectivity index (χ0v) is 11.4. The van der Waals surface area contributed by atoms with E-state index in [0.29, 0.717) is 10.0 Å². The number of nitrogens with one attached hydrogen (secondary N) is 2. The molecular formula is C12H15Cl2N3. The molecule has 0 aliphatic rings. The Balaban J connectivity index is 2.31. The van der Waals surface area contributed by atoms with Crippen LogP contribution in [0, 0.1) is 0 Å². The molecule has 17 heavy (non-hydrogen) atoms. The number of hydrogen-bond donors (Lipinski definition) is 2. The van der Waals surface area contributed by atoms with Crippen LogP contribution in [0.15, 0.2) is 12.1 Å². The molecule has 1 heterocycles. The summed E-state index contributed by atoms with van der Waals surface area (Å²) in [6, 6.07) is 3.79. The highest BCUT2D eigenvalue weighted by Crippen LogP contribution is 2.27. The summed E-state index contributed by atoms with van der Waals surface area (Å²) in [5, 5.41) is 4.46. The van der Waals surface area contributed by atoms with Crippen LogP contribution < -0.4 is 5.32 Å². The molecule has 1 atom stereocenters. The number of H-pyrrole nitrogens is 1. The van der Waals surface area contributed by atoms with Crippen molar-refractivity contribution in [3.8, 4) is 0 Å². The summed E-state index contributed by atoms with van der Waals surface area (Å²) in [4.78, 5) is 7.76. The number of halogens is 2. The first-order valence-electron chi connectivity index (χ1n) is 5.70. The molecule has 1 unspecified atom stereocenters. The zero-order chi connectivity index (χ0) is 12.4. The molecule has 2 aromatic rings. The van der Waals surface area contributed by atoms with Gasteiger partial charge >= 0.3 is 0 Å². The van der Waals surface area contributed by atoms with Gasteiger partial charge in [-0.2, -0.15) is 0 Å². The molecule has 0 amide bonds. The molecule has 2 N–H and O–H groups in total. The number of imidazole rings is 1. The molecule has 0 aliphatic carbocycles. The van der Waals surface area contributed by atoms with E-state index < -0.39 is 0 Å². The van der Waals surface area contributed by atoms with Crippen molar-refractivity contribution < 1.29 is 0 Å². The van der Waals surface area contributed by atoms with Crippen LogP contribution in [-0.4, -0.2) is 16.5 Å². The molecule has 0 saturated carbocycles. The van der Waals surface area contributed by atoms with E-state index >= 15 is 0 Å². The highest BCUT2D eigenvalue weighted by atomic mass is 35.5. The molecule has 5 heteroatoms. The Hall–Kier alpha value is -0.770. The summed E-state index contributed by atoms with van der Waals surface area (Å²) >= 11 is 11.9. The molecule has 0 aliphatic heterocycles. The second kappa shape index (κ2) is 5.25. The van der Waals surface area contributed by atoms with Crippen LogP contribution >= 0.6 is 23.2 Å². The second-order valence-corrected chi connectivity index (χ2v) is 4.90. The zero-order valence-electron chi connectivity index (χ0n) is 9.85. The highest BCUT2D eigenvalue weighted by Gasteiger charge is 2.11. The second-order valence-electron chi connectivity index (χ2n) is 4.08. The van der Waals surface area contributed by atoms with E-state index in [2.05, 4.69) is 29.1 Å². The third kappa shape index (κ3) is 2.73. The first kappa shape index (κ1) is 12.7. The minimum absolute atomic E-state index is 0.194.